The van der Waals surface area contributed by atoms with E-state index in [1.54, 1.807) is 44.6 Å². The third-order valence-electron chi connectivity index (χ3n) is 6.87. The van der Waals surface area contributed by atoms with Gasteiger partial charge in [-0.25, -0.2) is 9.98 Å². The number of hydrogen-bond donors (Lipinski definition) is 1. The number of thiazole rings is 1. The second-order valence-electron chi connectivity index (χ2n) is 9.36. The van der Waals surface area contributed by atoms with Crippen LogP contribution in [0.25, 0.3) is 22.2 Å². The molecule has 1 N–H and O–H groups in total. The molecule has 8 heteroatoms. The van der Waals surface area contributed by atoms with Crippen LogP contribution < -0.4 is 20.3 Å². The number of ether oxygens (including phenoxy) is 2. The second-order valence-corrected chi connectivity index (χ2v) is 10.2. The molecule has 7 nitrogen and oxygen atoms in total. The number of carbonyl (C=O) groups excluding carboxylic acids is 1. The Morgan fingerprint density at radius 2 is 1.69 bits per heavy atom. The average Bonchev–Trinajstić information content (AvgIpc) is 3.45. The molecule has 2 heterocycles. The van der Waals surface area contributed by atoms with Gasteiger partial charge in [0.2, 0.25) is 5.55 Å². The number of hydrogen-bond acceptors (Lipinski definition) is 7. The zero-order chi connectivity index (χ0) is 26.8. The molecule has 0 spiro atoms. The maximum Gasteiger partial charge on any atom is 0.262 e. The normalized spacial score (nSPS) is 13.2. The van der Waals surface area contributed by atoms with Crippen LogP contribution in [0, 0.1) is 0 Å². The van der Waals surface area contributed by atoms with E-state index in [-0.39, 0.29) is 17.0 Å². The molecule has 0 bridgehead atoms. The van der Waals surface area contributed by atoms with Gasteiger partial charge in [-0.1, -0.05) is 12.1 Å². The standard InChI is InChI=1S/C31H27N3O4S/c1-36-24-11-9-23(10-12-24)32-30-26(17-22-16-25(37-2)13-14-28(22)38-30)29(35)34-31-33-27(18-39-31)21-8-7-19-5-3-4-6-20(19)15-21/h7-18H,3-6H2,1-2H3,(H,33,34,35). The molecule has 6 rings (SSSR count). The summed E-state index contributed by atoms with van der Waals surface area (Å²) in [6, 6.07) is 21.0. The topological polar surface area (TPSA) is 86.0 Å². The largest absolute Gasteiger partial charge is 0.497 e. The third kappa shape index (κ3) is 5.28. The van der Waals surface area contributed by atoms with Crippen LogP contribution in [0.3, 0.4) is 0 Å². The fraction of sp³-hybridized carbons (Fsp3) is 0.194. The Morgan fingerprint density at radius 3 is 2.49 bits per heavy atom. The second kappa shape index (κ2) is 10.7. The molecule has 2 aromatic heterocycles. The first-order chi connectivity index (χ1) is 19.1. The van der Waals surface area contributed by atoms with Crippen LogP contribution in [0.2, 0.25) is 0 Å². The summed E-state index contributed by atoms with van der Waals surface area (Å²) < 4.78 is 16.7. The molecule has 1 aliphatic carbocycles. The minimum atomic E-state index is -0.359. The Morgan fingerprint density at radius 1 is 0.923 bits per heavy atom. The number of nitrogens with zero attached hydrogens (tertiary/aromatic N) is 2. The molecule has 0 saturated carbocycles. The van der Waals surface area contributed by atoms with Gasteiger partial charge in [-0.2, -0.15) is 0 Å². The third-order valence-corrected chi connectivity index (χ3v) is 7.63. The Hall–Kier alpha value is -4.43. The summed E-state index contributed by atoms with van der Waals surface area (Å²) >= 11 is 1.39. The van der Waals surface area contributed by atoms with Gasteiger partial charge in [-0.15, -0.1) is 11.3 Å². The minimum Gasteiger partial charge on any atom is -0.497 e. The van der Waals surface area contributed by atoms with Crippen molar-refractivity contribution in [2.24, 2.45) is 4.99 Å². The fourth-order valence-corrected chi connectivity index (χ4v) is 5.49. The lowest BCUT2D eigenvalue weighted by molar-refractivity contribution is 0.102. The van der Waals surface area contributed by atoms with Crippen LogP contribution in [-0.4, -0.2) is 25.1 Å². The Kier molecular flexibility index (Phi) is 6.85. The van der Waals surface area contributed by atoms with Gasteiger partial charge in [-0.3, -0.25) is 10.1 Å². The summed E-state index contributed by atoms with van der Waals surface area (Å²) in [7, 11) is 3.21. The van der Waals surface area contributed by atoms with Crippen molar-refractivity contribution in [2.45, 2.75) is 25.7 Å². The van der Waals surface area contributed by atoms with Crippen molar-refractivity contribution in [1.29, 1.82) is 0 Å². The Bertz CT molecular complexity index is 1740. The SMILES string of the molecule is COc1ccc(N=c2oc3ccc(OC)cc3cc2C(=O)Nc2nc(-c3ccc4c(c3)CCCC4)cs2)cc1. The van der Waals surface area contributed by atoms with Crippen LogP contribution in [-0.2, 0) is 12.8 Å². The van der Waals surface area contributed by atoms with Crippen molar-refractivity contribution >= 4 is 39.0 Å². The Balaban J connectivity index is 1.34. The molecule has 0 radical (unpaired) electrons. The highest BCUT2D eigenvalue weighted by atomic mass is 32.1. The predicted molar refractivity (Wildman–Crippen MR) is 153 cm³/mol. The Labute approximate surface area is 229 Å². The number of aromatic nitrogens is 1. The lowest BCUT2D eigenvalue weighted by atomic mass is 9.90. The van der Waals surface area contributed by atoms with E-state index in [9.17, 15) is 4.79 Å². The summed E-state index contributed by atoms with van der Waals surface area (Å²) in [5.41, 5.74) is 6.44. The smallest absolute Gasteiger partial charge is 0.262 e. The van der Waals surface area contributed by atoms with E-state index in [0.717, 1.165) is 29.5 Å². The van der Waals surface area contributed by atoms with E-state index >= 15 is 0 Å². The number of amides is 1. The summed E-state index contributed by atoms with van der Waals surface area (Å²) in [6.07, 6.45) is 4.72. The molecular formula is C31H27N3O4S. The van der Waals surface area contributed by atoms with Crippen LogP contribution in [0.15, 0.2) is 81.5 Å². The number of anilines is 1. The number of carbonyl (C=O) groups is 1. The number of methoxy groups -OCH3 is 2. The summed E-state index contributed by atoms with van der Waals surface area (Å²) in [5.74, 6) is 1.02. The van der Waals surface area contributed by atoms with Crippen LogP contribution in [0.4, 0.5) is 10.8 Å². The van der Waals surface area contributed by atoms with Crippen LogP contribution in [0.5, 0.6) is 11.5 Å². The van der Waals surface area contributed by atoms with E-state index in [1.165, 1.54) is 35.3 Å². The van der Waals surface area contributed by atoms with Crippen molar-refractivity contribution in [2.75, 3.05) is 19.5 Å². The highest BCUT2D eigenvalue weighted by molar-refractivity contribution is 7.14. The van der Waals surface area contributed by atoms with Crippen LogP contribution in [0.1, 0.15) is 34.3 Å². The molecule has 0 unspecified atom stereocenters. The molecule has 1 aliphatic rings. The number of nitrogens with one attached hydrogen (secondary N) is 1. The molecule has 1 amide bonds. The van der Waals surface area contributed by atoms with Gasteiger partial charge in [0.25, 0.3) is 5.91 Å². The number of fused-ring (bicyclic) bond motifs is 2. The zero-order valence-corrected chi connectivity index (χ0v) is 22.5. The molecular weight excluding hydrogens is 510 g/mol. The van der Waals surface area contributed by atoms with Gasteiger partial charge >= 0.3 is 0 Å². The highest BCUT2D eigenvalue weighted by Crippen LogP contribution is 2.30. The highest BCUT2D eigenvalue weighted by Gasteiger charge is 2.17. The van der Waals surface area contributed by atoms with Gasteiger partial charge < -0.3 is 13.9 Å². The van der Waals surface area contributed by atoms with Crippen molar-refractivity contribution in [1.82, 2.24) is 4.98 Å². The predicted octanol–water partition coefficient (Wildman–Crippen LogP) is 6.94. The van der Waals surface area contributed by atoms with Gasteiger partial charge in [0, 0.05) is 16.3 Å². The van der Waals surface area contributed by atoms with Gasteiger partial charge in [0.15, 0.2) is 5.13 Å². The summed E-state index contributed by atoms with van der Waals surface area (Å²) in [5, 5.41) is 6.15. The maximum absolute atomic E-state index is 13.5. The molecule has 39 heavy (non-hydrogen) atoms. The number of aryl methyl sites for hydroxylation is 2. The maximum atomic E-state index is 13.5. The average molecular weight is 538 g/mol. The zero-order valence-electron chi connectivity index (χ0n) is 21.7. The molecule has 5 aromatic rings. The van der Waals surface area contributed by atoms with E-state index in [4.69, 9.17) is 18.9 Å². The molecule has 3 aromatic carbocycles. The molecule has 0 atom stereocenters. The molecule has 196 valence electrons. The molecule has 0 aliphatic heterocycles. The van der Waals surface area contributed by atoms with Crippen molar-refractivity contribution < 1.29 is 18.7 Å². The lowest BCUT2D eigenvalue weighted by Crippen LogP contribution is -2.21. The first kappa shape index (κ1) is 24.9. The van der Waals surface area contributed by atoms with Gasteiger partial charge in [-0.05, 0) is 91.4 Å². The summed E-state index contributed by atoms with van der Waals surface area (Å²) in [6.45, 7) is 0. The van der Waals surface area contributed by atoms with Crippen molar-refractivity contribution in [3.05, 3.63) is 94.4 Å². The number of rotatable bonds is 6. The minimum absolute atomic E-state index is 0.196. The molecule has 0 fully saturated rings. The number of benzene rings is 3. The summed E-state index contributed by atoms with van der Waals surface area (Å²) in [4.78, 5) is 22.9. The molecule has 0 saturated heterocycles. The quantitative estimate of drug-likeness (QED) is 0.254. The van der Waals surface area contributed by atoms with Gasteiger partial charge in [0.05, 0.1) is 25.6 Å². The monoisotopic (exact) mass is 537 g/mol. The van der Waals surface area contributed by atoms with Crippen molar-refractivity contribution in [3.8, 4) is 22.8 Å². The van der Waals surface area contributed by atoms with Gasteiger partial charge in [0.1, 0.15) is 22.6 Å². The van der Waals surface area contributed by atoms with Crippen LogP contribution >= 0.6 is 11.3 Å². The first-order valence-electron chi connectivity index (χ1n) is 12.8. The van der Waals surface area contributed by atoms with Crippen molar-refractivity contribution in [3.63, 3.8) is 0 Å². The van der Waals surface area contributed by atoms with E-state index in [0.29, 0.717) is 27.9 Å². The first-order valence-corrected chi connectivity index (χ1v) is 13.7. The van der Waals surface area contributed by atoms with E-state index in [2.05, 4.69) is 28.5 Å². The van der Waals surface area contributed by atoms with E-state index in [1.807, 2.05) is 23.6 Å². The fourth-order valence-electron chi connectivity index (χ4n) is 4.78. The lowest BCUT2D eigenvalue weighted by Gasteiger charge is -2.16. The van der Waals surface area contributed by atoms with E-state index < -0.39 is 0 Å².